The second-order valence-corrected chi connectivity index (χ2v) is 4.43. The van der Waals surface area contributed by atoms with Crippen LogP contribution in [-0.2, 0) is 11.3 Å². The second kappa shape index (κ2) is 8.31. The Morgan fingerprint density at radius 2 is 2.24 bits per heavy atom. The van der Waals surface area contributed by atoms with Crippen molar-refractivity contribution in [3.05, 3.63) is 24.0 Å². The first-order chi connectivity index (χ1) is 8.31. The molecule has 0 saturated heterocycles. The summed E-state index contributed by atoms with van der Waals surface area (Å²) in [6.07, 6.45) is 7.93. The summed E-state index contributed by atoms with van der Waals surface area (Å²) in [5.74, 6) is 0. The predicted octanol–water partition coefficient (Wildman–Crippen LogP) is 2.98. The van der Waals surface area contributed by atoms with Gasteiger partial charge in [-0.3, -0.25) is 0 Å². The first kappa shape index (κ1) is 14.3. The van der Waals surface area contributed by atoms with Gasteiger partial charge in [-0.25, -0.2) is 0 Å². The van der Waals surface area contributed by atoms with Gasteiger partial charge in [-0.1, -0.05) is 20.3 Å². The summed E-state index contributed by atoms with van der Waals surface area (Å²) in [4.78, 5) is 0. The van der Waals surface area contributed by atoms with Crippen molar-refractivity contribution in [2.24, 2.45) is 0 Å². The van der Waals surface area contributed by atoms with Crippen molar-refractivity contribution in [1.82, 2.24) is 9.88 Å². The van der Waals surface area contributed by atoms with Gasteiger partial charge in [0.05, 0.1) is 0 Å². The molecule has 0 aromatic carbocycles. The zero-order chi connectivity index (χ0) is 12.5. The van der Waals surface area contributed by atoms with E-state index < -0.39 is 0 Å². The Kier molecular flexibility index (Phi) is 6.97. The maximum Gasteiger partial charge on any atom is 0.0479 e. The van der Waals surface area contributed by atoms with Gasteiger partial charge >= 0.3 is 0 Å². The highest BCUT2D eigenvalue weighted by molar-refractivity contribution is 5.15. The summed E-state index contributed by atoms with van der Waals surface area (Å²) in [6, 6.07) is 2.74. The van der Waals surface area contributed by atoms with E-state index >= 15 is 0 Å². The lowest BCUT2D eigenvalue weighted by atomic mass is 10.1. The minimum atomic E-state index is 0.508. The summed E-state index contributed by atoms with van der Waals surface area (Å²) in [5, 5.41) is 3.54. The zero-order valence-corrected chi connectivity index (χ0v) is 11.4. The number of nitrogens with one attached hydrogen (secondary N) is 1. The van der Waals surface area contributed by atoms with Crippen molar-refractivity contribution in [3.8, 4) is 0 Å². The zero-order valence-electron chi connectivity index (χ0n) is 11.4. The molecule has 0 aliphatic carbocycles. The highest BCUT2D eigenvalue weighted by atomic mass is 16.5. The van der Waals surface area contributed by atoms with Gasteiger partial charge in [0.2, 0.25) is 0 Å². The highest BCUT2D eigenvalue weighted by Gasteiger charge is 2.10. The molecule has 0 fully saturated rings. The fourth-order valence-corrected chi connectivity index (χ4v) is 2.12. The Bertz CT molecular complexity index is 290. The summed E-state index contributed by atoms with van der Waals surface area (Å²) in [6.45, 7) is 7.30. The van der Waals surface area contributed by atoms with Crippen LogP contribution in [0.25, 0.3) is 0 Å². The van der Waals surface area contributed by atoms with Gasteiger partial charge in [0.1, 0.15) is 0 Å². The molecule has 0 spiro atoms. The molecule has 17 heavy (non-hydrogen) atoms. The first-order valence-electron chi connectivity index (χ1n) is 6.69. The van der Waals surface area contributed by atoms with Crippen LogP contribution in [-0.4, -0.2) is 24.8 Å². The van der Waals surface area contributed by atoms with Crippen molar-refractivity contribution in [3.63, 3.8) is 0 Å². The van der Waals surface area contributed by atoms with Crippen LogP contribution in [0.15, 0.2) is 18.5 Å². The molecule has 98 valence electrons. The molecule has 1 heterocycles. The topological polar surface area (TPSA) is 26.2 Å². The van der Waals surface area contributed by atoms with Crippen molar-refractivity contribution in [2.75, 3.05) is 20.3 Å². The molecule has 1 atom stereocenters. The molecule has 1 aromatic heterocycles. The summed E-state index contributed by atoms with van der Waals surface area (Å²) < 4.78 is 7.33. The molecule has 0 amide bonds. The lowest BCUT2D eigenvalue weighted by Crippen LogP contribution is -2.20. The van der Waals surface area contributed by atoms with Crippen molar-refractivity contribution in [1.29, 1.82) is 0 Å². The maximum absolute atomic E-state index is 5.07. The highest BCUT2D eigenvalue weighted by Crippen LogP contribution is 2.18. The molecular formula is C14H26N2O. The molecule has 1 N–H and O–H groups in total. The normalized spacial score (nSPS) is 12.9. The third-order valence-corrected chi connectivity index (χ3v) is 2.97. The van der Waals surface area contributed by atoms with Crippen LogP contribution in [0.2, 0.25) is 0 Å². The first-order valence-corrected chi connectivity index (χ1v) is 6.69. The van der Waals surface area contributed by atoms with E-state index in [-0.39, 0.29) is 0 Å². The smallest absolute Gasteiger partial charge is 0.0479 e. The number of aromatic nitrogens is 1. The Hall–Kier alpha value is -0.800. The minimum Gasteiger partial charge on any atom is -0.385 e. The molecular weight excluding hydrogens is 212 g/mol. The molecule has 3 heteroatoms. The molecule has 3 nitrogen and oxygen atoms in total. The third-order valence-electron chi connectivity index (χ3n) is 2.97. The van der Waals surface area contributed by atoms with Crippen LogP contribution in [0, 0.1) is 0 Å². The van der Waals surface area contributed by atoms with E-state index in [4.69, 9.17) is 4.74 Å². The van der Waals surface area contributed by atoms with E-state index in [0.717, 1.165) is 26.1 Å². The number of hydrogen-bond donors (Lipinski definition) is 1. The van der Waals surface area contributed by atoms with Gasteiger partial charge in [-0.05, 0) is 31.0 Å². The second-order valence-electron chi connectivity index (χ2n) is 4.43. The lowest BCUT2D eigenvalue weighted by molar-refractivity contribution is 0.190. The predicted molar refractivity (Wildman–Crippen MR) is 72.3 cm³/mol. The Morgan fingerprint density at radius 3 is 2.88 bits per heavy atom. The fourth-order valence-electron chi connectivity index (χ4n) is 2.12. The number of nitrogens with zero attached hydrogens (tertiary/aromatic N) is 1. The number of methoxy groups -OCH3 is 1. The quantitative estimate of drug-likeness (QED) is 0.669. The number of hydrogen-bond acceptors (Lipinski definition) is 2. The maximum atomic E-state index is 5.07. The van der Waals surface area contributed by atoms with Crippen LogP contribution in [0.1, 0.15) is 44.7 Å². The average Bonchev–Trinajstić information content (AvgIpc) is 2.78. The van der Waals surface area contributed by atoms with Crippen molar-refractivity contribution >= 4 is 0 Å². The molecule has 0 aliphatic rings. The van der Waals surface area contributed by atoms with E-state index in [1.807, 2.05) is 0 Å². The number of rotatable bonds is 9. The standard InChI is InChI=1S/C14H26N2O/c1-4-7-14(15-5-2)13-8-10-16(12-13)9-6-11-17-3/h8,10,12,14-15H,4-7,9,11H2,1-3H3. The molecule has 1 unspecified atom stereocenters. The van der Waals surface area contributed by atoms with Crippen LogP contribution < -0.4 is 5.32 Å². The van der Waals surface area contributed by atoms with E-state index in [0.29, 0.717) is 6.04 Å². The largest absolute Gasteiger partial charge is 0.385 e. The fraction of sp³-hybridized carbons (Fsp3) is 0.714. The van der Waals surface area contributed by atoms with Crippen LogP contribution in [0.5, 0.6) is 0 Å². The summed E-state index contributed by atoms with van der Waals surface area (Å²) in [7, 11) is 1.75. The minimum absolute atomic E-state index is 0.508. The Balaban J connectivity index is 2.51. The van der Waals surface area contributed by atoms with Crippen LogP contribution >= 0.6 is 0 Å². The van der Waals surface area contributed by atoms with Crippen molar-refractivity contribution in [2.45, 2.75) is 45.7 Å². The SMILES string of the molecule is CCCC(NCC)c1ccn(CCCOC)c1. The van der Waals surface area contributed by atoms with Crippen molar-refractivity contribution < 1.29 is 4.74 Å². The lowest BCUT2D eigenvalue weighted by Gasteiger charge is -2.15. The molecule has 0 radical (unpaired) electrons. The van der Waals surface area contributed by atoms with Gasteiger partial charge in [0.25, 0.3) is 0 Å². The third kappa shape index (κ3) is 4.92. The van der Waals surface area contributed by atoms with E-state index in [1.54, 1.807) is 7.11 Å². The van der Waals surface area contributed by atoms with E-state index in [9.17, 15) is 0 Å². The number of aryl methyl sites for hydroxylation is 1. The average molecular weight is 238 g/mol. The number of ether oxygens (including phenoxy) is 1. The van der Waals surface area contributed by atoms with E-state index in [1.165, 1.54) is 18.4 Å². The molecule has 0 aliphatic heterocycles. The summed E-state index contributed by atoms with van der Waals surface area (Å²) >= 11 is 0. The molecule has 0 bridgehead atoms. The van der Waals surface area contributed by atoms with Gasteiger partial charge < -0.3 is 14.6 Å². The van der Waals surface area contributed by atoms with Gasteiger partial charge in [0.15, 0.2) is 0 Å². The van der Waals surface area contributed by atoms with Crippen LogP contribution in [0.4, 0.5) is 0 Å². The monoisotopic (exact) mass is 238 g/mol. The summed E-state index contributed by atoms with van der Waals surface area (Å²) in [5.41, 5.74) is 1.41. The Morgan fingerprint density at radius 1 is 1.41 bits per heavy atom. The van der Waals surface area contributed by atoms with Crippen LogP contribution in [0.3, 0.4) is 0 Å². The molecule has 1 rings (SSSR count). The van der Waals surface area contributed by atoms with Gasteiger partial charge in [0, 0.05) is 38.7 Å². The molecule has 0 saturated carbocycles. The molecule has 1 aromatic rings. The van der Waals surface area contributed by atoms with Gasteiger partial charge in [-0.2, -0.15) is 0 Å². The van der Waals surface area contributed by atoms with E-state index in [2.05, 4.69) is 42.2 Å². The Labute approximate surface area is 105 Å². The van der Waals surface area contributed by atoms with Gasteiger partial charge in [-0.15, -0.1) is 0 Å².